The van der Waals surface area contributed by atoms with E-state index in [9.17, 15) is 26.6 Å². The predicted octanol–water partition coefficient (Wildman–Crippen LogP) is 6.31. The van der Waals surface area contributed by atoms with Crippen LogP contribution >= 0.6 is 0 Å². The number of aryl methyl sites for hydroxylation is 1. The molecule has 1 unspecified atom stereocenters. The maximum atomic E-state index is 14.5. The zero-order valence-electron chi connectivity index (χ0n) is 23.8. The molecule has 0 aliphatic heterocycles. The van der Waals surface area contributed by atoms with Gasteiger partial charge in [-0.1, -0.05) is 5.57 Å². The van der Waals surface area contributed by atoms with Crippen LogP contribution in [0.15, 0.2) is 77.7 Å². The first-order chi connectivity index (χ1) is 21.0. The van der Waals surface area contributed by atoms with Crippen LogP contribution in [0.3, 0.4) is 0 Å². The van der Waals surface area contributed by atoms with Crippen molar-refractivity contribution >= 4 is 22.8 Å². The Morgan fingerprint density at radius 3 is 2.55 bits per heavy atom. The normalized spacial score (nSPS) is 22.3. The number of benzene rings is 1. The Morgan fingerprint density at radius 1 is 1.09 bits per heavy atom. The van der Waals surface area contributed by atoms with Gasteiger partial charge in [-0.15, -0.1) is 0 Å². The number of ketones is 1. The number of carbonyl (C=O) groups excluding carboxylic acids is 1. The van der Waals surface area contributed by atoms with Gasteiger partial charge in [0.25, 0.3) is 0 Å². The second-order valence-electron chi connectivity index (χ2n) is 11.9. The summed E-state index contributed by atoms with van der Waals surface area (Å²) in [5.74, 6) is -0.862. The maximum Gasteiger partial charge on any atom is 0.416 e. The van der Waals surface area contributed by atoms with Gasteiger partial charge in [0.2, 0.25) is 0 Å². The van der Waals surface area contributed by atoms with E-state index in [2.05, 4.69) is 10.1 Å². The molecule has 0 amide bonds. The summed E-state index contributed by atoms with van der Waals surface area (Å²) in [6.07, 6.45) is 7.01. The zero-order valence-corrected chi connectivity index (χ0v) is 24.6. The Balaban J connectivity index is 1.31. The molecule has 3 atom stereocenters. The molecule has 2 fully saturated rings. The van der Waals surface area contributed by atoms with Crippen molar-refractivity contribution in [2.75, 3.05) is 0 Å². The van der Waals surface area contributed by atoms with Crippen LogP contribution < -0.4 is 0 Å². The largest absolute Gasteiger partial charge is 0.416 e. The van der Waals surface area contributed by atoms with Crippen LogP contribution in [0.1, 0.15) is 59.4 Å². The first-order valence-corrected chi connectivity index (χ1v) is 15.6. The van der Waals surface area contributed by atoms with E-state index in [-0.39, 0.29) is 36.4 Å². The summed E-state index contributed by atoms with van der Waals surface area (Å²) >= 11 is 0. The van der Waals surface area contributed by atoms with Crippen molar-refractivity contribution in [3.05, 3.63) is 101 Å². The molecular weight excluding hydrogens is 594 g/mol. The van der Waals surface area contributed by atoms with Crippen molar-refractivity contribution in [1.29, 1.82) is 0 Å². The molecule has 44 heavy (non-hydrogen) atoms. The molecule has 0 radical (unpaired) electrons. The maximum absolute atomic E-state index is 14.5. The van der Waals surface area contributed by atoms with Crippen LogP contribution in [0.5, 0.6) is 0 Å². The van der Waals surface area contributed by atoms with Crippen LogP contribution in [0.2, 0.25) is 0 Å². The fourth-order valence-corrected chi connectivity index (χ4v) is 8.28. The van der Waals surface area contributed by atoms with E-state index in [1.54, 1.807) is 23.0 Å². The summed E-state index contributed by atoms with van der Waals surface area (Å²) in [7, 11) is 0.396. The smallest absolute Gasteiger partial charge is 0.356 e. The molecule has 0 spiro atoms. The van der Waals surface area contributed by atoms with Crippen LogP contribution in [-0.2, 0) is 30.6 Å². The van der Waals surface area contributed by atoms with Crippen molar-refractivity contribution in [3.8, 4) is 5.69 Å². The minimum absolute atomic E-state index is 0.103. The highest BCUT2D eigenvalue weighted by Gasteiger charge is 2.53. The molecule has 12 heteroatoms. The molecule has 1 aromatic carbocycles. The minimum atomic E-state index is -4.63. The molecule has 0 N–H and O–H groups in total. The highest BCUT2D eigenvalue weighted by molar-refractivity contribution is 7.82. The molecule has 3 aromatic heterocycles. The van der Waals surface area contributed by atoms with Gasteiger partial charge in [-0.3, -0.25) is 9.78 Å². The molecule has 3 aliphatic rings. The molecule has 7 rings (SSSR count). The van der Waals surface area contributed by atoms with Gasteiger partial charge in [-0.2, -0.15) is 18.3 Å². The van der Waals surface area contributed by atoms with Gasteiger partial charge in [-0.25, -0.2) is 17.6 Å². The summed E-state index contributed by atoms with van der Waals surface area (Å²) in [6, 6.07) is 9.29. The fourth-order valence-electron chi connectivity index (χ4n) is 6.67. The van der Waals surface area contributed by atoms with E-state index in [0.29, 0.717) is 23.4 Å². The van der Waals surface area contributed by atoms with Gasteiger partial charge >= 0.3 is 6.18 Å². The number of allylic oxidation sites excluding steroid dienone is 1. The lowest BCUT2D eigenvalue weighted by Crippen LogP contribution is -2.50. The molecule has 228 valence electrons. The van der Waals surface area contributed by atoms with Gasteiger partial charge < -0.3 is 4.57 Å². The minimum Gasteiger partial charge on any atom is -0.356 e. The molecule has 2 saturated carbocycles. The van der Waals surface area contributed by atoms with Gasteiger partial charge in [0.05, 0.1) is 33.5 Å². The fraction of sp³-hybridized carbons (Fsp3) is 0.344. The average molecular weight is 624 g/mol. The van der Waals surface area contributed by atoms with E-state index in [0.717, 1.165) is 48.0 Å². The standard InChI is InChI=1S/C32H29F4N5O2S/c1-39-13-11-27(19-39)44(43)41(25-8-9-25)26-5-2-21-15-29-20(18-38-40(29)24-6-3-23(33)4-7-24)16-31(21,17-26)30(42)28-14-22(10-12-37-28)32(34,35)36/h3-4,6-7,10-15,18-19,25-26H,2,5,8-9,16-17H2,1H3/t26-,31-,44?/m0/s1. The number of nitrogens with zero attached hydrogens (tertiary/aromatic N) is 5. The van der Waals surface area contributed by atoms with Crippen LogP contribution in [-0.4, -0.2) is 45.7 Å². The molecule has 0 saturated heterocycles. The summed E-state index contributed by atoms with van der Waals surface area (Å²) in [6.45, 7) is 0. The number of Topliss-reactive ketones (excluding diaryl/α,β-unsaturated/α-hetero) is 1. The predicted molar refractivity (Wildman–Crippen MR) is 156 cm³/mol. The third kappa shape index (κ3) is 5.03. The van der Waals surface area contributed by atoms with Crippen LogP contribution in [0.25, 0.3) is 11.8 Å². The number of pyridine rings is 1. The molecule has 4 aromatic rings. The van der Waals surface area contributed by atoms with Gasteiger partial charge in [0.1, 0.15) is 22.5 Å². The van der Waals surface area contributed by atoms with Gasteiger partial charge in [-0.05, 0) is 92.6 Å². The number of fused-ring (bicyclic) bond motifs is 2. The van der Waals surface area contributed by atoms with Crippen LogP contribution in [0, 0.1) is 11.2 Å². The Hall–Kier alpha value is -3.90. The van der Waals surface area contributed by atoms with Crippen molar-refractivity contribution in [2.45, 2.75) is 61.7 Å². The Bertz CT molecular complexity index is 1810. The Kier molecular flexibility index (Phi) is 6.96. The van der Waals surface area contributed by atoms with Crippen molar-refractivity contribution in [2.24, 2.45) is 12.5 Å². The third-order valence-corrected chi connectivity index (χ3v) is 10.5. The second-order valence-corrected chi connectivity index (χ2v) is 13.3. The molecule has 7 nitrogen and oxygen atoms in total. The third-order valence-electron chi connectivity index (χ3n) is 8.93. The van der Waals surface area contributed by atoms with Crippen molar-refractivity contribution < 1.29 is 26.6 Å². The first kappa shape index (κ1) is 28.8. The van der Waals surface area contributed by atoms with E-state index >= 15 is 0 Å². The lowest BCUT2D eigenvalue weighted by Gasteiger charge is -2.46. The first-order valence-electron chi connectivity index (χ1n) is 14.5. The molecular formula is C32H29F4N5O2S. The average Bonchev–Trinajstić information content (AvgIpc) is 3.61. The summed E-state index contributed by atoms with van der Waals surface area (Å²) < 4.78 is 74.1. The molecule has 0 bridgehead atoms. The Labute approximate surface area is 253 Å². The van der Waals surface area contributed by atoms with E-state index in [4.69, 9.17) is 0 Å². The number of aromatic nitrogens is 4. The number of halogens is 4. The number of hydrogen-bond acceptors (Lipinski definition) is 4. The highest BCUT2D eigenvalue weighted by atomic mass is 32.2. The SMILES string of the molecule is Cn1ccc(S(=O)N(C2CC2)[C@H]2CCC3=Cc4c(cnn4-c4ccc(F)cc4)C[C@]3(C(=O)c3cc(C(F)(F)F)ccn3)C2)c1. The molecule has 3 aliphatic carbocycles. The summed E-state index contributed by atoms with van der Waals surface area (Å²) in [4.78, 5) is 19.3. The van der Waals surface area contributed by atoms with Gasteiger partial charge in [0, 0.05) is 37.7 Å². The number of alkyl halides is 3. The van der Waals surface area contributed by atoms with Crippen molar-refractivity contribution in [3.63, 3.8) is 0 Å². The lowest BCUT2D eigenvalue weighted by molar-refractivity contribution is -0.137. The Morgan fingerprint density at radius 2 is 1.86 bits per heavy atom. The number of rotatable bonds is 7. The highest BCUT2D eigenvalue weighted by Crippen LogP contribution is 2.52. The van der Waals surface area contributed by atoms with Crippen LogP contribution in [0.4, 0.5) is 17.6 Å². The van der Waals surface area contributed by atoms with Crippen molar-refractivity contribution in [1.82, 2.24) is 23.6 Å². The lowest BCUT2D eigenvalue weighted by atomic mass is 9.60. The zero-order chi connectivity index (χ0) is 30.8. The summed E-state index contributed by atoms with van der Waals surface area (Å²) in [5, 5.41) is 4.54. The second kappa shape index (κ2) is 10.6. The number of hydrogen-bond donors (Lipinski definition) is 0. The summed E-state index contributed by atoms with van der Waals surface area (Å²) in [5.41, 5.74) is 0.556. The van der Waals surface area contributed by atoms with E-state index in [1.807, 2.05) is 40.5 Å². The monoisotopic (exact) mass is 623 g/mol. The van der Waals surface area contributed by atoms with Gasteiger partial charge in [0.15, 0.2) is 5.78 Å². The number of carbonyl (C=O) groups is 1. The topological polar surface area (TPSA) is 73.0 Å². The molecule has 3 heterocycles. The van der Waals surface area contributed by atoms with E-state index < -0.39 is 33.9 Å². The quantitative estimate of drug-likeness (QED) is 0.179. The van der Waals surface area contributed by atoms with E-state index in [1.165, 1.54) is 12.1 Å².